The maximum atomic E-state index is 12.7. The highest BCUT2D eigenvalue weighted by Gasteiger charge is 2.33. The lowest BCUT2D eigenvalue weighted by molar-refractivity contribution is -0.116. The second-order valence-electron chi connectivity index (χ2n) is 5.46. The summed E-state index contributed by atoms with van der Waals surface area (Å²) in [6.45, 7) is 0. The van der Waals surface area contributed by atoms with Crippen molar-refractivity contribution in [1.29, 1.82) is 0 Å². The molecule has 3 rings (SSSR count). The Morgan fingerprint density at radius 1 is 1.44 bits per heavy atom. The quantitative estimate of drug-likeness (QED) is 0.493. The number of benzene rings is 1. The van der Waals surface area contributed by atoms with E-state index in [0.717, 1.165) is 0 Å². The molecule has 1 N–H and O–H groups in total. The number of amides is 1. The third kappa shape index (κ3) is 3.28. The van der Waals surface area contributed by atoms with Gasteiger partial charge in [0.2, 0.25) is 5.91 Å². The van der Waals surface area contributed by atoms with Crippen LogP contribution in [0.15, 0.2) is 28.2 Å². The van der Waals surface area contributed by atoms with Crippen LogP contribution in [0.2, 0.25) is 10.0 Å². The lowest BCUT2D eigenvalue weighted by Gasteiger charge is -2.28. The molecule has 0 spiro atoms. The number of thioether (sulfide) groups is 1. The lowest BCUT2D eigenvalue weighted by atomic mass is 9.86. The van der Waals surface area contributed by atoms with E-state index in [-0.39, 0.29) is 12.3 Å². The van der Waals surface area contributed by atoms with Crippen molar-refractivity contribution in [2.75, 3.05) is 11.1 Å². The van der Waals surface area contributed by atoms with Gasteiger partial charge < -0.3 is 9.88 Å². The van der Waals surface area contributed by atoms with E-state index in [4.69, 9.17) is 29.6 Å². The Morgan fingerprint density at radius 2 is 2.20 bits per heavy atom. The minimum Gasteiger partial charge on any atom is -0.312 e. The van der Waals surface area contributed by atoms with E-state index in [1.807, 2.05) is 0 Å². The number of carbonyl (C=O) groups excluding carboxylic acids is 1. The number of hydrogen-bond donors (Lipinski definition) is 1. The molecule has 1 aromatic heterocycles. The van der Waals surface area contributed by atoms with Gasteiger partial charge in [-0.3, -0.25) is 9.59 Å². The van der Waals surface area contributed by atoms with E-state index in [0.29, 0.717) is 37.9 Å². The van der Waals surface area contributed by atoms with Crippen LogP contribution in [0, 0.1) is 12.3 Å². The topological polar surface area (TPSA) is 64.0 Å². The standard InChI is InChI=1S/C17H13Cl2N3O2S/c1-3-7-25-17-21-16(24)13-10(8-12(23)20-15(13)22(17)2)9-5-4-6-11(18)14(9)19/h1,4-6,10H,7-8H2,2H3,(H,20,23). The summed E-state index contributed by atoms with van der Waals surface area (Å²) in [5, 5.41) is 3.92. The van der Waals surface area contributed by atoms with Gasteiger partial charge in [0.05, 0.1) is 21.4 Å². The average molecular weight is 394 g/mol. The second-order valence-corrected chi connectivity index (χ2v) is 7.19. The minimum atomic E-state index is -0.507. The molecule has 0 bridgehead atoms. The summed E-state index contributed by atoms with van der Waals surface area (Å²) >= 11 is 13.7. The van der Waals surface area contributed by atoms with E-state index < -0.39 is 11.5 Å². The molecule has 8 heteroatoms. The van der Waals surface area contributed by atoms with Crippen LogP contribution in [0.4, 0.5) is 5.82 Å². The number of rotatable bonds is 3. The molecule has 1 aromatic carbocycles. The maximum absolute atomic E-state index is 12.7. The predicted octanol–water partition coefficient (Wildman–Crippen LogP) is 3.29. The summed E-state index contributed by atoms with van der Waals surface area (Å²) in [5.74, 6) is 2.56. The summed E-state index contributed by atoms with van der Waals surface area (Å²) in [6, 6.07) is 5.17. The van der Waals surface area contributed by atoms with Crippen molar-refractivity contribution >= 4 is 46.7 Å². The normalized spacial score (nSPS) is 16.1. The fraction of sp³-hybridized carbons (Fsp3) is 0.235. The first kappa shape index (κ1) is 17.9. The van der Waals surface area contributed by atoms with Gasteiger partial charge in [0.1, 0.15) is 5.82 Å². The Bertz CT molecular complexity index is 966. The molecular formula is C17H13Cl2N3O2S. The second kappa shape index (κ2) is 7.12. The van der Waals surface area contributed by atoms with Gasteiger partial charge >= 0.3 is 0 Å². The highest BCUT2D eigenvalue weighted by atomic mass is 35.5. The zero-order chi connectivity index (χ0) is 18.1. The van der Waals surface area contributed by atoms with Crippen molar-refractivity contribution in [3.05, 3.63) is 49.7 Å². The highest BCUT2D eigenvalue weighted by Crippen LogP contribution is 2.40. The van der Waals surface area contributed by atoms with E-state index in [2.05, 4.69) is 16.2 Å². The van der Waals surface area contributed by atoms with Gasteiger partial charge in [0.15, 0.2) is 5.16 Å². The predicted molar refractivity (Wildman–Crippen MR) is 101 cm³/mol. The average Bonchev–Trinajstić information content (AvgIpc) is 2.58. The number of carbonyl (C=O) groups is 1. The summed E-state index contributed by atoms with van der Waals surface area (Å²) in [6.07, 6.45) is 5.37. The van der Waals surface area contributed by atoms with Crippen molar-refractivity contribution < 1.29 is 4.79 Å². The molecule has 0 radical (unpaired) electrons. The lowest BCUT2D eigenvalue weighted by Crippen LogP contribution is -2.33. The first-order valence-electron chi connectivity index (χ1n) is 7.35. The Morgan fingerprint density at radius 3 is 2.92 bits per heavy atom. The van der Waals surface area contributed by atoms with Gasteiger partial charge in [-0.25, -0.2) is 0 Å². The molecule has 0 fully saturated rings. The summed E-state index contributed by atoms with van der Waals surface area (Å²) < 4.78 is 1.67. The van der Waals surface area contributed by atoms with Crippen molar-refractivity contribution in [2.45, 2.75) is 17.5 Å². The molecule has 1 atom stereocenters. The van der Waals surface area contributed by atoms with Gasteiger partial charge in [-0.2, -0.15) is 4.98 Å². The van der Waals surface area contributed by atoms with Crippen LogP contribution in [0.3, 0.4) is 0 Å². The number of nitrogens with one attached hydrogen (secondary N) is 1. The molecule has 1 unspecified atom stereocenters. The Balaban J connectivity index is 2.20. The molecule has 2 heterocycles. The van der Waals surface area contributed by atoms with E-state index >= 15 is 0 Å². The fourth-order valence-corrected chi connectivity index (χ4v) is 3.91. The highest BCUT2D eigenvalue weighted by molar-refractivity contribution is 7.99. The third-order valence-electron chi connectivity index (χ3n) is 3.94. The fourth-order valence-electron chi connectivity index (χ4n) is 2.83. The molecule has 2 aromatic rings. The molecule has 1 aliphatic heterocycles. The van der Waals surface area contributed by atoms with Gasteiger partial charge in [0, 0.05) is 19.4 Å². The number of hydrogen-bond acceptors (Lipinski definition) is 4. The monoisotopic (exact) mass is 393 g/mol. The zero-order valence-electron chi connectivity index (χ0n) is 13.2. The largest absolute Gasteiger partial charge is 0.312 e. The van der Waals surface area contributed by atoms with Crippen LogP contribution in [0.5, 0.6) is 0 Å². The molecule has 25 heavy (non-hydrogen) atoms. The van der Waals surface area contributed by atoms with Gasteiger partial charge in [-0.15, -0.1) is 6.42 Å². The van der Waals surface area contributed by atoms with Crippen LogP contribution in [-0.4, -0.2) is 21.2 Å². The molecule has 1 aliphatic rings. The Hall–Kier alpha value is -1.94. The number of nitrogens with zero attached hydrogens (tertiary/aromatic N) is 2. The minimum absolute atomic E-state index is 0.0980. The van der Waals surface area contributed by atoms with Crippen LogP contribution >= 0.6 is 35.0 Å². The number of fused-ring (bicyclic) bond motifs is 1. The molecular weight excluding hydrogens is 381 g/mol. The summed E-state index contributed by atoms with van der Waals surface area (Å²) in [7, 11) is 1.73. The molecule has 0 aliphatic carbocycles. The zero-order valence-corrected chi connectivity index (χ0v) is 15.5. The SMILES string of the molecule is C#CCSc1nc(=O)c2c(n1C)NC(=O)CC2c1cccc(Cl)c1Cl. The van der Waals surface area contributed by atoms with Crippen LogP contribution in [0.1, 0.15) is 23.5 Å². The van der Waals surface area contributed by atoms with Crippen LogP contribution in [-0.2, 0) is 11.8 Å². The maximum Gasteiger partial charge on any atom is 0.279 e. The smallest absolute Gasteiger partial charge is 0.279 e. The number of anilines is 1. The first-order chi connectivity index (χ1) is 11.9. The van der Waals surface area contributed by atoms with Crippen molar-refractivity contribution in [1.82, 2.24) is 9.55 Å². The number of terminal acetylenes is 1. The van der Waals surface area contributed by atoms with Gasteiger partial charge in [-0.1, -0.05) is 53.0 Å². The van der Waals surface area contributed by atoms with Crippen molar-refractivity contribution in [3.63, 3.8) is 0 Å². The van der Waals surface area contributed by atoms with Crippen molar-refractivity contribution in [2.24, 2.45) is 7.05 Å². The van der Waals surface area contributed by atoms with Crippen molar-refractivity contribution in [3.8, 4) is 12.3 Å². The van der Waals surface area contributed by atoms with Gasteiger partial charge in [0.25, 0.3) is 5.56 Å². The van der Waals surface area contributed by atoms with E-state index in [9.17, 15) is 9.59 Å². The summed E-state index contributed by atoms with van der Waals surface area (Å²) in [5.41, 5.74) is 0.623. The third-order valence-corrected chi connectivity index (χ3v) is 5.71. The van der Waals surface area contributed by atoms with Gasteiger partial charge in [-0.05, 0) is 11.6 Å². The molecule has 128 valence electrons. The first-order valence-corrected chi connectivity index (χ1v) is 9.09. The molecule has 1 amide bonds. The number of aromatic nitrogens is 2. The van der Waals surface area contributed by atoms with E-state index in [1.165, 1.54) is 11.8 Å². The Labute approximate surface area is 158 Å². The Kier molecular flexibility index (Phi) is 5.09. The number of halogens is 2. The molecule has 0 saturated heterocycles. The van der Waals surface area contributed by atoms with Crippen LogP contribution < -0.4 is 10.9 Å². The molecule has 0 saturated carbocycles. The summed E-state index contributed by atoms with van der Waals surface area (Å²) in [4.78, 5) is 29.0. The molecule has 5 nitrogen and oxygen atoms in total. The van der Waals surface area contributed by atoms with E-state index in [1.54, 1.807) is 29.8 Å². The van der Waals surface area contributed by atoms with Crippen LogP contribution in [0.25, 0.3) is 0 Å².